The second kappa shape index (κ2) is 11.3. The maximum atomic E-state index is 12.4. The summed E-state index contributed by atoms with van der Waals surface area (Å²) < 4.78 is 5.46. The minimum absolute atomic E-state index is 0.124. The van der Waals surface area contributed by atoms with E-state index < -0.39 is 0 Å². The van der Waals surface area contributed by atoms with Gasteiger partial charge in [0.25, 0.3) is 0 Å². The molecule has 0 atom stereocenters. The molecule has 4 rings (SSSR count). The van der Waals surface area contributed by atoms with Gasteiger partial charge in [-0.05, 0) is 72.3 Å². The Morgan fingerprint density at radius 3 is 2.37 bits per heavy atom. The van der Waals surface area contributed by atoms with Crippen molar-refractivity contribution in [3.05, 3.63) is 82.7 Å². The van der Waals surface area contributed by atoms with Crippen molar-refractivity contribution in [2.75, 3.05) is 25.6 Å². The maximum Gasteiger partial charge on any atom is 0.248 e. The SMILES string of the molecule is CN(Cc1ccc(NC(=O)C=Cc2ccc(-c3ccc(C(C)(C)C)cc3)s2)cc1)C1CCOCC1. The summed E-state index contributed by atoms with van der Waals surface area (Å²) in [6.45, 7) is 9.28. The van der Waals surface area contributed by atoms with Crippen LogP contribution in [0.15, 0.2) is 66.7 Å². The first kappa shape index (κ1) is 25.4. The molecule has 1 aliphatic rings. The Balaban J connectivity index is 1.29. The molecule has 0 saturated carbocycles. The van der Waals surface area contributed by atoms with Gasteiger partial charge in [-0.2, -0.15) is 0 Å². The zero-order valence-corrected chi connectivity index (χ0v) is 22.0. The van der Waals surface area contributed by atoms with E-state index in [1.165, 1.54) is 21.6 Å². The van der Waals surface area contributed by atoms with Crippen LogP contribution in [0.3, 0.4) is 0 Å². The van der Waals surface area contributed by atoms with E-state index in [0.29, 0.717) is 6.04 Å². The summed E-state index contributed by atoms with van der Waals surface area (Å²) in [7, 11) is 2.17. The van der Waals surface area contributed by atoms with Gasteiger partial charge in [0.05, 0.1) is 0 Å². The minimum atomic E-state index is -0.124. The van der Waals surface area contributed by atoms with Crippen LogP contribution in [-0.2, 0) is 21.5 Å². The largest absolute Gasteiger partial charge is 0.381 e. The summed E-state index contributed by atoms with van der Waals surface area (Å²) in [5.74, 6) is -0.124. The van der Waals surface area contributed by atoms with E-state index in [9.17, 15) is 4.79 Å². The second-order valence-corrected chi connectivity index (χ2v) is 11.4. The van der Waals surface area contributed by atoms with E-state index in [4.69, 9.17) is 4.74 Å². The number of anilines is 1. The van der Waals surface area contributed by atoms with E-state index in [1.54, 1.807) is 17.4 Å². The van der Waals surface area contributed by atoms with Crippen LogP contribution in [0.25, 0.3) is 16.5 Å². The first-order chi connectivity index (χ1) is 16.8. The van der Waals surface area contributed by atoms with Gasteiger partial charge in [-0.3, -0.25) is 9.69 Å². The quantitative estimate of drug-likeness (QED) is 0.365. The summed E-state index contributed by atoms with van der Waals surface area (Å²) in [4.78, 5) is 17.1. The molecule has 2 aromatic carbocycles. The smallest absolute Gasteiger partial charge is 0.248 e. The number of carbonyl (C=O) groups excluding carboxylic acids is 1. The Labute approximate surface area is 213 Å². The number of nitrogens with one attached hydrogen (secondary N) is 1. The topological polar surface area (TPSA) is 41.6 Å². The summed E-state index contributed by atoms with van der Waals surface area (Å²) >= 11 is 1.69. The normalized spacial score (nSPS) is 15.1. The molecule has 1 N–H and O–H groups in total. The van der Waals surface area contributed by atoms with Crippen LogP contribution in [-0.4, -0.2) is 37.1 Å². The number of hydrogen-bond donors (Lipinski definition) is 1. The van der Waals surface area contributed by atoms with Crippen molar-refractivity contribution in [2.24, 2.45) is 0 Å². The predicted molar refractivity (Wildman–Crippen MR) is 148 cm³/mol. The Bertz CT molecular complexity index is 1130. The molecule has 0 radical (unpaired) electrons. The van der Waals surface area contributed by atoms with Crippen molar-refractivity contribution in [3.63, 3.8) is 0 Å². The molecule has 0 aliphatic carbocycles. The van der Waals surface area contributed by atoms with E-state index in [2.05, 4.69) is 86.6 Å². The van der Waals surface area contributed by atoms with Crippen molar-refractivity contribution in [1.82, 2.24) is 4.90 Å². The lowest BCUT2D eigenvalue weighted by molar-refractivity contribution is -0.111. The first-order valence-electron chi connectivity index (χ1n) is 12.3. The fourth-order valence-electron chi connectivity index (χ4n) is 4.31. The zero-order chi connectivity index (χ0) is 24.8. The molecule has 1 aliphatic heterocycles. The highest BCUT2D eigenvalue weighted by Crippen LogP contribution is 2.31. The highest BCUT2D eigenvalue weighted by atomic mass is 32.1. The van der Waals surface area contributed by atoms with Gasteiger partial charge < -0.3 is 10.1 Å². The number of amides is 1. The van der Waals surface area contributed by atoms with Crippen molar-refractivity contribution in [2.45, 2.75) is 51.6 Å². The second-order valence-electron chi connectivity index (χ2n) is 10.3. The lowest BCUT2D eigenvalue weighted by Crippen LogP contribution is -2.36. The van der Waals surface area contributed by atoms with Crippen LogP contribution >= 0.6 is 11.3 Å². The van der Waals surface area contributed by atoms with Crippen LogP contribution in [0, 0.1) is 0 Å². The van der Waals surface area contributed by atoms with Crippen molar-refractivity contribution < 1.29 is 9.53 Å². The number of ether oxygens (including phenoxy) is 1. The van der Waals surface area contributed by atoms with Crippen molar-refractivity contribution in [1.29, 1.82) is 0 Å². The van der Waals surface area contributed by atoms with E-state index in [1.807, 2.05) is 18.2 Å². The highest BCUT2D eigenvalue weighted by molar-refractivity contribution is 7.16. The molecule has 0 unspecified atom stereocenters. The average molecular weight is 489 g/mol. The fourth-order valence-corrected chi connectivity index (χ4v) is 5.23. The number of rotatable bonds is 7. The third-order valence-corrected chi connectivity index (χ3v) is 7.63. The van der Waals surface area contributed by atoms with Gasteiger partial charge in [0, 0.05) is 47.3 Å². The van der Waals surface area contributed by atoms with Crippen molar-refractivity contribution >= 4 is 29.0 Å². The van der Waals surface area contributed by atoms with Crippen LogP contribution in [0.5, 0.6) is 0 Å². The molecule has 1 fully saturated rings. The van der Waals surface area contributed by atoms with Gasteiger partial charge in [-0.25, -0.2) is 0 Å². The van der Waals surface area contributed by atoms with E-state index in [0.717, 1.165) is 43.2 Å². The number of benzene rings is 2. The molecule has 35 heavy (non-hydrogen) atoms. The number of carbonyl (C=O) groups is 1. The molecule has 0 bridgehead atoms. The number of hydrogen-bond acceptors (Lipinski definition) is 4. The van der Waals surface area contributed by atoms with Crippen molar-refractivity contribution in [3.8, 4) is 10.4 Å². The summed E-state index contributed by atoms with van der Waals surface area (Å²) in [5, 5.41) is 2.96. The van der Waals surface area contributed by atoms with Gasteiger partial charge in [0.2, 0.25) is 5.91 Å². The van der Waals surface area contributed by atoms with Crippen LogP contribution in [0.2, 0.25) is 0 Å². The molecular formula is C30H36N2O2S. The van der Waals surface area contributed by atoms with Gasteiger partial charge in [0.1, 0.15) is 0 Å². The molecular weight excluding hydrogens is 452 g/mol. The highest BCUT2D eigenvalue weighted by Gasteiger charge is 2.18. The van der Waals surface area contributed by atoms with Gasteiger partial charge >= 0.3 is 0 Å². The molecule has 2 heterocycles. The molecule has 0 spiro atoms. The summed E-state index contributed by atoms with van der Waals surface area (Å²) in [6.07, 6.45) is 5.66. The molecule has 3 aromatic rings. The lowest BCUT2D eigenvalue weighted by Gasteiger charge is -2.31. The molecule has 1 aromatic heterocycles. The summed E-state index contributed by atoms with van der Waals surface area (Å²) in [6, 6.07) is 21.6. The van der Waals surface area contributed by atoms with Crippen LogP contribution in [0.1, 0.15) is 49.6 Å². The Morgan fingerprint density at radius 2 is 1.71 bits per heavy atom. The molecule has 5 heteroatoms. The van der Waals surface area contributed by atoms with Crippen LogP contribution in [0.4, 0.5) is 5.69 Å². The number of nitrogens with zero attached hydrogens (tertiary/aromatic N) is 1. The Hall–Kier alpha value is -2.73. The maximum absolute atomic E-state index is 12.4. The fraction of sp³-hybridized carbons (Fsp3) is 0.367. The average Bonchev–Trinajstić information content (AvgIpc) is 3.33. The monoisotopic (exact) mass is 488 g/mol. The Kier molecular flexibility index (Phi) is 8.22. The summed E-state index contributed by atoms with van der Waals surface area (Å²) in [5.41, 5.74) is 4.73. The molecule has 1 amide bonds. The Morgan fingerprint density at radius 1 is 1.03 bits per heavy atom. The predicted octanol–water partition coefficient (Wildman–Crippen LogP) is 6.98. The van der Waals surface area contributed by atoms with E-state index in [-0.39, 0.29) is 11.3 Å². The molecule has 4 nitrogen and oxygen atoms in total. The lowest BCUT2D eigenvalue weighted by atomic mass is 9.86. The standard InChI is InChI=1S/C30H36N2O2S/c1-30(2,3)24-9-7-23(8-10-24)28-15-13-27(35-28)14-16-29(33)31-25-11-5-22(6-12-25)21-32(4)26-17-19-34-20-18-26/h5-16,26H,17-21H2,1-4H3,(H,31,33). The van der Waals surface area contributed by atoms with Gasteiger partial charge in [-0.15, -0.1) is 11.3 Å². The van der Waals surface area contributed by atoms with Gasteiger partial charge in [0.15, 0.2) is 0 Å². The van der Waals surface area contributed by atoms with E-state index >= 15 is 0 Å². The third kappa shape index (κ3) is 7.14. The molecule has 184 valence electrons. The van der Waals surface area contributed by atoms with Crippen LogP contribution < -0.4 is 5.32 Å². The third-order valence-electron chi connectivity index (χ3n) is 6.53. The first-order valence-corrected chi connectivity index (χ1v) is 13.2. The number of thiophene rings is 1. The molecule has 1 saturated heterocycles. The van der Waals surface area contributed by atoms with Gasteiger partial charge in [-0.1, -0.05) is 57.2 Å². The minimum Gasteiger partial charge on any atom is -0.381 e. The zero-order valence-electron chi connectivity index (χ0n) is 21.2.